The fourth-order valence-electron chi connectivity index (χ4n) is 3.26. The van der Waals surface area contributed by atoms with Crippen LogP contribution < -0.4 is 5.32 Å². The first-order valence-electron chi connectivity index (χ1n) is 9.03. The first-order chi connectivity index (χ1) is 13.5. The third-order valence-corrected chi connectivity index (χ3v) is 5.44. The second-order valence-electron chi connectivity index (χ2n) is 6.60. The minimum atomic E-state index is -0.584. The number of esters is 1. The Morgan fingerprint density at radius 3 is 2.68 bits per heavy atom. The predicted molar refractivity (Wildman–Crippen MR) is 106 cm³/mol. The van der Waals surface area contributed by atoms with E-state index >= 15 is 0 Å². The van der Waals surface area contributed by atoms with Gasteiger partial charge in [0, 0.05) is 11.7 Å². The van der Waals surface area contributed by atoms with Gasteiger partial charge in [-0.25, -0.2) is 14.6 Å². The van der Waals surface area contributed by atoms with Crippen LogP contribution in [0.2, 0.25) is 10.0 Å². The van der Waals surface area contributed by atoms with Crippen molar-refractivity contribution < 1.29 is 18.7 Å². The SMILES string of the molecule is COC(=O)c1coc(CN(C(=O)Nc2ccc(Cl)c(Cl)c2)C2CCCCC2)n1. The maximum Gasteiger partial charge on any atom is 0.360 e. The lowest BCUT2D eigenvalue weighted by Gasteiger charge is -2.33. The number of urea groups is 1. The fourth-order valence-corrected chi connectivity index (χ4v) is 3.55. The number of carbonyl (C=O) groups is 2. The highest BCUT2D eigenvalue weighted by Crippen LogP contribution is 2.27. The van der Waals surface area contributed by atoms with Gasteiger partial charge in [-0.3, -0.25) is 0 Å². The summed E-state index contributed by atoms with van der Waals surface area (Å²) in [5.74, 6) is -0.310. The van der Waals surface area contributed by atoms with Gasteiger partial charge in [-0.05, 0) is 31.0 Å². The Bertz CT molecular complexity index is 849. The lowest BCUT2D eigenvalue weighted by atomic mass is 9.94. The van der Waals surface area contributed by atoms with E-state index in [0.717, 1.165) is 32.1 Å². The molecule has 2 aromatic rings. The number of ether oxygens (including phenoxy) is 1. The first kappa shape index (κ1) is 20.5. The minimum Gasteiger partial charge on any atom is -0.464 e. The smallest absolute Gasteiger partial charge is 0.360 e. The van der Waals surface area contributed by atoms with Crippen LogP contribution in [0.25, 0.3) is 0 Å². The van der Waals surface area contributed by atoms with Gasteiger partial charge in [-0.2, -0.15) is 0 Å². The monoisotopic (exact) mass is 425 g/mol. The van der Waals surface area contributed by atoms with Crippen molar-refractivity contribution in [2.24, 2.45) is 0 Å². The maximum absolute atomic E-state index is 13.0. The van der Waals surface area contributed by atoms with Crippen LogP contribution in [0.5, 0.6) is 0 Å². The number of methoxy groups -OCH3 is 1. The van der Waals surface area contributed by atoms with Gasteiger partial charge in [0.2, 0.25) is 5.89 Å². The van der Waals surface area contributed by atoms with Crippen molar-refractivity contribution in [1.29, 1.82) is 0 Å². The Hall–Kier alpha value is -2.25. The number of anilines is 1. The molecule has 0 unspecified atom stereocenters. The fraction of sp³-hybridized carbons (Fsp3) is 0.421. The van der Waals surface area contributed by atoms with E-state index in [-0.39, 0.29) is 30.2 Å². The van der Waals surface area contributed by atoms with Gasteiger partial charge >= 0.3 is 12.0 Å². The zero-order chi connectivity index (χ0) is 20.1. The highest BCUT2D eigenvalue weighted by molar-refractivity contribution is 6.42. The molecular formula is C19H21Cl2N3O4. The maximum atomic E-state index is 13.0. The molecule has 0 radical (unpaired) electrons. The number of nitrogens with one attached hydrogen (secondary N) is 1. The molecule has 1 aromatic heterocycles. The summed E-state index contributed by atoms with van der Waals surface area (Å²) in [4.78, 5) is 30.4. The molecule has 9 heteroatoms. The molecule has 1 aliphatic carbocycles. The minimum absolute atomic E-state index is 0.0602. The van der Waals surface area contributed by atoms with Gasteiger partial charge in [-0.15, -0.1) is 0 Å². The molecule has 0 spiro atoms. The summed E-state index contributed by atoms with van der Waals surface area (Å²) in [6.07, 6.45) is 6.31. The van der Waals surface area contributed by atoms with Crippen LogP contribution in [0.15, 0.2) is 28.9 Å². The molecule has 0 saturated heterocycles. The number of aromatic nitrogens is 1. The van der Waals surface area contributed by atoms with E-state index in [1.165, 1.54) is 13.4 Å². The number of halogens is 2. The van der Waals surface area contributed by atoms with E-state index < -0.39 is 5.97 Å². The highest BCUT2D eigenvalue weighted by atomic mass is 35.5. The van der Waals surface area contributed by atoms with Crippen molar-refractivity contribution in [3.8, 4) is 0 Å². The summed E-state index contributed by atoms with van der Waals surface area (Å²) in [5, 5.41) is 3.63. The number of nitrogens with zero attached hydrogens (tertiary/aromatic N) is 2. The van der Waals surface area contributed by atoms with Crippen molar-refractivity contribution in [1.82, 2.24) is 9.88 Å². The quantitative estimate of drug-likeness (QED) is 0.670. The molecule has 1 aliphatic rings. The summed E-state index contributed by atoms with van der Waals surface area (Å²) >= 11 is 12.0. The summed E-state index contributed by atoms with van der Waals surface area (Å²) < 4.78 is 10.0. The lowest BCUT2D eigenvalue weighted by Crippen LogP contribution is -2.43. The molecule has 1 fully saturated rings. The number of carbonyl (C=O) groups excluding carboxylic acids is 2. The number of rotatable bonds is 5. The summed E-state index contributed by atoms with van der Waals surface area (Å²) in [6.45, 7) is 0.148. The second-order valence-corrected chi connectivity index (χ2v) is 7.41. The number of hydrogen-bond acceptors (Lipinski definition) is 5. The van der Waals surface area contributed by atoms with Crippen molar-refractivity contribution in [3.63, 3.8) is 0 Å². The second kappa shape index (κ2) is 9.30. The molecular weight excluding hydrogens is 405 g/mol. The average molecular weight is 426 g/mol. The van der Waals surface area contributed by atoms with Gasteiger partial charge in [0.05, 0.1) is 23.7 Å². The van der Waals surface area contributed by atoms with Gasteiger partial charge in [0.15, 0.2) is 5.69 Å². The third-order valence-electron chi connectivity index (χ3n) is 4.70. The van der Waals surface area contributed by atoms with Gasteiger partial charge in [0.25, 0.3) is 0 Å². The normalized spacial score (nSPS) is 14.5. The Labute approximate surface area is 172 Å². The largest absolute Gasteiger partial charge is 0.464 e. The Morgan fingerprint density at radius 2 is 2.00 bits per heavy atom. The lowest BCUT2D eigenvalue weighted by molar-refractivity contribution is 0.0594. The van der Waals surface area contributed by atoms with Crippen molar-refractivity contribution in [2.75, 3.05) is 12.4 Å². The van der Waals surface area contributed by atoms with Crippen LogP contribution in [0.1, 0.15) is 48.5 Å². The molecule has 1 aromatic carbocycles. The number of hydrogen-bond donors (Lipinski definition) is 1. The molecule has 7 nitrogen and oxygen atoms in total. The molecule has 3 rings (SSSR count). The first-order valence-corrected chi connectivity index (χ1v) is 9.79. The van der Waals surface area contributed by atoms with Crippen LogP contribution in [-0.4, -0.2) is 35.0 Å². The molecule has 1 N–H and O–H groups in total. The molecule has 1 heterocycles. The highest BCUT2D eigenvalue weighted by Gasteiger charge is 2.27. The van der Waals surface area contributed by atoms with Crippen LogP contribution in [0, 0.1) is 0 Å². The van der Waals surface area contributed by atoms with Gasteiger partial charge in [-0.1, -0.05) is 42.5 Å². The van der Waals surface area contributed by atoms with Crippen molar-refractivity contribution in [2.45, 2.75) is 44.7 Å². The van der Waals surface area contributed by atoms with Crippen LogP contribution >= 0.6 is 23.2 Å². The van der Waals surface area contributed by atoms with Gasteiger partial charge in [0.1, 0.15) is 6.26 Å². The average Bonchev–Trinajstić information content (AvgIpc) is 3.17. The van der Waals surface area contributed by atoms with E-state index in [2.05, 4.69) is 15.0 Å². The van der Waals surface area contributed by atoms with E-state index in [1.807, 2.05) is 0 Å². The van der Waals surface area contributed by atoms with Gasteiger partial charge < -0.3 is 19.4 Å². The van der Waals surface area contributed by atoms with Crippen molar-refractivity contribution >= 4 is 40.9 Å². The summed E-state index contributed by atoms with van der Waals surface area (Å²) in [5.41, 5.74) is 0.619. The molecule has 1 saturated carbocycles. The van der Waals surface area contributed by atoms with Crippen LogP contribution in [0.3, 0.4) is 0 Å². The zero-order valence-electron chi connectivity index (χ0n) is 15.4. The van der Waals surface area contributed by atoms with Crippen LogP contribution in [0.4, 0.5) is 10.5 Å². The Balaban J connectivity index is 1.77. The molecule has 28 heavy (non-hydrogen) atoms. The number of oxazole rings is 1. The molecule has 0 atom stereocenters. The summed E-state index contributed by atoms with van der Waals surface area (Å²) in [6, 6.07) is 4.68. The number of benzene rings is 1. The molecule has 0 bridgehead atoms. The molecule has 0 aliphatic heterocycles. The summed E-state index contributed by atoms with van der Waals surface area (Å²) in [7, 11) is 1.27. The van der Waals surface area contributed by atoms with Crippen molar-refractivity contribution in [3.05, 3.63) is 46.1 Å². The Kier molecular flexibility index (Phi) is 6.80. The van der Waals surface area contributed by atoms with E-state index in [0.29, 0.717) is 15.7 Å². The topological polar surface area (TPSA) is 84.7 Å². The predicted octanol–water partition coefficient (Wildman–Crippen LogP) is 5.13. The number of amides is 2. The third kappa shape index (κ3) is 4.97. The van der Waals surface area contributed by atoms with E-state index in [9.17, 15) is 9.59 Å². The molecule has 2 amide bonds. The molecule has 150 valence electrons. The standard InChI is InChI=1S/C19H21Cl2N3O4/c1-27-18(25)16-11-28-17(23-16)10-24(13-5-3-2-4-6-13)19(26)22-12-7-8-14(20)15(21)9-12/h7-9,11,13H,2-6,10H2,1H3,(H,22,26). The van der Waals surface area contributed by atoms with Crippen LogP contribution in [-0.2, 0) is 11.3 Å². The Morgan fingerprint density at radius 1 is 1.25 bits per heavy atom. The van der Waals surface area contributed by atoms with E-state index in [4.69, 9.17) is 27.6 Å². The van der Waals surface area contributed by atoms with E-state index in [1.54, 1.807) is 23.1 Å². The zero-order valence-corrected chi connectivity index (χ0v) is 16.9.